The van der Waals surface area contributed by atoms with E-state index in [1.807, 2.05) is 13.8 Å². The summed E-state index contributed by atoms with van der Waals surface area (Å²) in [5.74, 6) is -4.85. The van der Waals surface area contributed by atoms with E-state index in [9.17, 15) is 39.3 Å². The van der Waals surface area contributed by atoms with E-state index in [1.54, 1.807) is 66.7 Å². The van der Waals surface area contributed by atoms with Crippen LogP contribution in [0.2, 0.25) is 0 Å². The summed E-state index contributed by atoms with van der Waals surface area (Å²) in [5, 5.41) is 37.4. The third-order valence-electron chi connectivity index (χ3n) is 11.1. The van der Waals surface area contributed by atoms with E-state index in [2.05, 4.69) is 5.32 Å². The Labute approximate surface area is 334 Å². The van der Waals surface area contributed by atoms with E-state index in [0.717, 1.165) is 0 Å². The molecule has 4 rings (SSSR count). The van der Waals surface area contributed by atoms with E-state index in [4.69, 9.17) is 28.4 Å². The number of amides is 1. The van der Waals surface area contributed by atoms with Crippen molar-refractivity contribution in [3.63, 3.8) is 0 Å². The van der Waals surface area contributed by atoms with Crippen molar-refractivity contribution in [1.82, 2.24) is 5.32 Å². The molecule has 0 radical (unpaired) electrons. The molecule has 0 saturated carbocycles. The Bertz CT molecular complexity index is 1760. The quantitative estimate of drug-likeness (QED) is 0.126. The number of carbonyl (C=O) groups is 5. The van der Waals surface area contributed by atoms with Crippen LogP contribution < -0.4 is 5.32 Å². The fourth-order valence-corrected chi connectivity index (χ4v) is 8.41. The van der Waals surface area contributed by atoms with Gasteiger partial charge in [0.05, 0.1) is 24.1 Å². The largest absolute Gasteiger partial charge is 0.451 e. The van der Waals surface area contributed by atoms with Crippen molar-refractivity contribution in [2.75, 3.05) is 20.3 Å². The van der Waals surface area contributed by atoms with Gasteiger partial charge in [0.25, 0.3) is 0 Å². The highest BCUT2D eigenvalue weighted by Crippen LogP contribution is 2.58. The molecule has 1 amide bonds. The van der Waals surface area contributed by atoms with Gasteiger partial charge in [0.15, 0.2) is 23.6 Å². The Hall–Kier alpha value is -4.15. The molecule has 1 saturated heterocycles. The van der Waals surface area contributed by atoms with Gasteiger partial charge in [-0.15, -0.1) is 0 Å². The predicted molar refractivity (Wildman–Crippen MR) is 204 cm³/mol. The molecular weight excluding hydrogens is 742 g/mol. The summed E-state index contributed by atoms with van der Waals surface area (Å²) in [6, 6.07) is 6.84. The standard InChI is InChI=1S/C42H59NO14/c1-22(2)19-27(43-38(50)57-39(6,7)8)32(46)37(49)54-28-20-42(51)35(55-36(48)26-15-13-12-14-16-26)31(41(56-25(5)45)21-53-29(41)17-18-44)24(4)34(52-11)33(47)30(23(28)3)40(42,9)10/h12-16,22,27,29-30,32,34-35,44,46,51H,17-21H2,1-11H3,(H,43,50)/t27-,29+,30?,32+,34?,35-,41-,42+/m0/s1. The molecule has 8 atom stereocenters. The number of ketones is 1. The van der Waals surface area contributed by atoms with Crippen LogP contribution >= 0.6 is 0 Å². The number of methoxy groups -OCH3 is 1. The van der Waals surface area contributed by atoms with Crippen LogP contribution in [0.15, 0.2) is 52.8 Å². The van der Waals surface area contributed by atoms with E-state index >= 15 is 0 Å². The average molecular weight is 802 g/mol. The molecule has 15 nitrogen and oxygen atoms in total. The molecule has 1 aliphatic heterocycles. The Balaban J connectivity index is 1.93. The van der Waals surface area contributed by atoms with Gasteiger partial charge in [0.2, 0.25) is 0 Å². The van der Waals surface area contributed by atoms with E-state index in [0.29, 0.717) is 0 Å². The van der Waals surface area contributed by atoms with Crippen LogP contribution in [0.1, 0.15) is 98.9 Å². The Kier molecular flexibility index (Phi) is 13.9. The number of ether oxygens (including phenoxy) is 6. The summed E-state index contributed by atoms with van der Waals surface area (Å²) in [7, 11) is 1.31. The normalized spacial score (nSPS) is 28.4. The lowest BCUT2D eigenvalue weighted by molar-refractivity contribution is -0.252. The first-order valence-corrected chi connectivity index (χ1v) is 19.2. The number of Topliss-reactive ketones (excluding diaryl/α,β-unsaturated/α-hetero) is 1. The number of benzene rings is 1. The van der Waals surface area contributed by atoms with Gasteiger partial charge in [-0.3, -0.25) is 9.59 Å². The lowest BCUT2D eigenvalue weighted by Gasteiger charge is -2.59. The fourth-order valence-electron chi connectivity index (χ4n) is 8.41. The summed E-state index contributed by atoms with van der Waals surface area (Å²) in [6.07, 6.45) is -7.26. The monoisotopic (exact) mass is 801 g/mol. The smallest absolute Gasteiger partial charge is 0.407 e. The van der Waals surface area contributed by atoms with E-state index in [-0.39, 0.29) is 60.0 Å². The number of rotatable bonds is 13. The molecule has 3 aliphatic rings. The number of alkyl carbamates (subject to hydrolysis) is 1. The van der Waals surface area contributed by atoms with E-state index < -0.39 is 94.8 Å². The van der Waals surface area contributed by atoms with Crippen molar-refractivity contribution >= 4 is 29.8 Å². The Morgan fingerprint density at radius 2 is 1.68 bits per heavy atom. The summed E-state index contributed by atoms with van der Waals surface area (Å²) in [5.41, 5.74) is -5.85. The number of hydrogen-bond acceptors (Lipinski definition) is 14. The van der Waals surface area contributed by atoms with Crippen LogP contribution in [-0.2, 0) is 42.8 Å². The first-order valence-electron chi connectivity index (χ1n) is 19.2. The average Bonchev–Trinajstić information content (AvgIpc) is 3.10. The maximum Gasteiger partial charge on any atom is 0.407 e. The topological polar surface area (TPSA) is 213 Å². The van der Waals surface area contributed by atoms with Crippen molar-refractivity contribution < 1.29 is 67.7 Å². The SMILES string of the molecule is COC1C(=O)C2C(C)=C(OC(=O)[C@H](O)[C@H](CC(C)C)NC(=O)OC(C)(C)C)C[C@@](O)([C@@H](OC(=O)c3ccccc3)C([C@]3(OC(C)=O)CO[C@@H]3CCO)=C1C)C2(C)C. The van der Waals surface area contributed by atoms with Gasteiger partial charge in [-0.05, 0) is 70.2 Å². The molecule has 57 heavy (non-hydrogen) atoms. The highest BCUT2D eigenvalue weighted by molar-refractivity contribution is 5.93. The Morgan fingerprint density at radius 3 is 2.19 bits per heavy atom. The lowest BCUT2D eigenvalue weighted by Crippen LogP contribution is -2.71. The number of nitrogens with one attached hydrogen (secondary N) is 1. The van der Waals surface area contributed by atoms with Crippen molar-refractivity contribution in [1.29, 1.82) is 0 Å². The second-order valence-corrected chi connectivity index (χ2v) is 17.2. The molecule has 4 N–H and O–H groups in total. The molecule has 0 aromatic heterocycles. The third kappa shape index (κ3) is 9.12. The second kappa shape index (κ2) is 17.4. The van der Waals surface area contributed by atoms with Crippen LogP contribution in [0, 0.1) is 17.3 Å². The molecule has 2 bridgehead atoms. The van der Waals surface area contributed by atoms with Crippen LogP contribution in [-0.4, -0.2) is 113 Å². The molecule has 316 valence electrons. The molecule has 1 aromatic rings. The van der Waals surface area contributed by atoms with Crippen LogP contribution in [0.3, 0.4) is 0 Å². The highest BCUT2D eigenvalue weighted by Gasteiger charge is 2.68. The van der Waals surface area contributed by atoms with Gasteiger partial charge < -0.3 is 49.1 Å². The number of allylic oxidation sites excluding steroid dienone is 1. The van der Waals surface area contributed by atoms with Crippen molar-refractivity contribution in [3.05, 3.63) is 58.4 Å². The first kappa shape index (κ1) is 45.6. The molecule has 1 fully saturated rings. The zero-order valence-corrected chi connectivity index (χ0v) is 34.8. The number of aliphatic hydroxyl groups is 3. The first-order chi connectivity index (χ1) is 26.4. The Morgan fingerprint density at radius 1 is 1.05 bits per heavy atom. The summed E-state index contributed by atoms with van der Waals surface area (Å²) < 4.78 is 35.4. The van der Waals surface area contributed by atoms with Gasteiger partial charge in [-0.1, -0.05) is 45.9 Å². The minimum atomic E-state index is -2.30. The maximum atomic E-state index is 14.9. The minimum absolute atomic E-state index is 0.0183. The van der Waals surface area contributed by atoms with Gasteiger partial charge in [0.1, 0.15) is 29.2 Å². The fraction of sp³-hybridized carbons (Fsp3) is 0.643. The minimum Gasteiger partial charge on any atom is -0.451 e. The number of esters is 3. The van der Waals surface area contributed by atoms with Crippen molar-refractivity contribution in [2.24, 2.45) is 17.3 Å². The number of fused-ring (bicyclic) bond motifs is 2. The molecule has 1 aromatic carbocycles. The number of aliphatic hydroxyl groups excluding tert-OH is 2. The number of carbonyl (C=O) groups excluding carboxylic acids is 5. The van der Waals surface area contributed by atoms with Gasteiger partial charge in [-0.2, -0.15) is 0 Å². The predicted octanol–water partition coefficient (Wildman–Crippen LogP) is 4.10. The van der Waals surface area contributed by atoms with Crippen molar-refractivity contribution in [2.45, 2.75) is 136 Å². The second-order valence-electron chi connectivity index (χ2n) is 17.2. The molecule has 0 spiro atoms. The maximum absolute atomic E-state index is 14.9. The van der Waals surface area contributed by atoms with E-state index in [1.165, 1.54) is 26.2 Å². The summed E-state index contributed by atoms with van der Waals surface area (Å²) in [6.45, 7) is 15.6. The van der Waals surface area contributed by atoms with Gasteiger partial charge in [0, 0.05) is 44.5 Å². The molecule has 2 aliphatic carbocycles. The van der Waals surface area contributed by atoms with Gasteiger partial charge in [-0.25, -0.2) is 14.4 Å². The zero-order valence-electron chi connectivity index (χ0n) is 34.8. The molecular formula is C42H59NO14. The number of hydrogen-bond donors (Lipinski definition) is 4. The van der Waals surface area contributed by atoms with Crippen molar-refractivity contribution in [3.8, 4) is 0 Å². The summed E-state index contributed by atoms with van der Waals surface area (Å²) >= 11 is 0. The van der Waals surface area contributed by atoms with Gasteiger partial charge >= 0.3 is 24.0 Å². The van der Waals surface area contributed by atoms with Crippen LogP contribution in [0.5, 0.6) is 0 Å². The van der Waals surface area contributed by atoms with Crippen LogP contribution in [0.25, 0.3) is 0 Å². The molecule has 15 heteroatoms. The third-order valence-corrected chi connectivity index (χ3v) is 11.1. The van der Waals surface area contributed by atoms with Crippen LogP contribution in [0.4, 0.5) is 4.79 Å². The molecule has 1 heterocycles. The zero-order chi connectivity index (χ0) is 42.8. The lowest BCUT2D eigenvalue weighted by atomic mass is 9.52. The molecule has 2 unspecified atom stereocenters. The highest BCUT2D eigenvalue weighted by atomic mass is 16.6. The summed E-state index contributed by atoms with van der Waals surface area (Å²) in [4.78, 5) is 68.5.